The first-order chi connectivity index (χ1) is 12.3. The molecule has 0 bridgehead atoms. The summed E-state index contributed by atoms with van der Waals surface area (Å²) < 4.78 is 5.73. The van der Waals surface area contributed by atoms with Gasteiger partial charge in [0, 0.05) is 25.3 Å². The molecule has 0 saturated heterocycles. The predicted molar refractivity (Wildman–Crippen MR) is 94.1 cm³/mol. The Morgan fingerprint density at radius 2 is 1.96 bits per heavy atom. The van der Waals surface area contributed by atoms with Gasteiger partial charge in [-0.2, -0.15) is 0 Å². The number of hydrogen-bond donors (Lipinski definition) is 1. The molecule has 0 aliphatic heterocycles. The van der Waals surface area contributed by atoms with Crippen molar-refractivity contribution in [2.45, 2.75) is 56.8 Å². The number of aromatic nitrogens is 2. The van der Waals surface area contributed by atoms with Crippen molar-refractivity contribution in [3.63, 3.8) is 0 Å². The molecule has 2 aliphatic rings. The van der Waals surface area contributed by atoms with Gasteiger partial charge in [-0.1, -0.05) is 43.2 Å². The van der Waals surface area contributed by atoms with Crippen LogP contribution in [0.5, 0.6) is 0 Å². The third-order valence-corrected chi connectivity index (χ3v) is 5.46. The fraction of sp³-hybridized carbons (Fsp3) is 0.550. The predicted octanol–water partition coefficient (Wildman–Crippen LogP) is 3.58. The summed E-state index contributed by atoms with van der Waals surface area (Å²) in [6.45, 7) is 0.759. The van der Waals surface area contributed by atoms with Gasteiger partial charge < -0.3 is 9.73 Å². The van der Waals surface area contributed by atoms with Crippen molar-refractivity contribution >= 4 is 5.91 Å². The van der Waals surface area contributed by atoms with E-state index in [0.29, 0.717) is 36.5 Å². The number of rotatable bonds is 7. The second-order valence-corrected chi connectivity index (χ2v) is 7.33. The van der Waals surface area contributed by atoms with Gasteiger partial charge in [-0.3, -0.25) is 4.79 Å². The molecule has 0 unspecified atom stereocenters. The lowest BCUT2D eigenvalue weighted by atomic mass is 10.1. The molecule has 2 fully saturated rings. The van der Waals surface area contributed by atoms with Crippen molar-refractivity contribution in [2.75, 3.05) is 6.54 Å². The average Bonchev–Trinajstić information content (AvgIpc) is 3.02. The first-order valence-corrected chi connectivity index (χ1v) is 9.43. The van der Waals surface area contributed by atoms with Crippen LogP contribution in [-0.4, -0.2) is 22.6 Å². The lowest BCUT2D eigenvalue weighted by Crippen LogP contribution is -2.26. The highest BCUT2D eigenvalue weighted by Gasteiger charge is 2.37. The second kappa shape index (κ2) is 7.38. The van der Waals surface area contributed by atoms with E-state index in [1.807, 2.05) is 6.07 Å². The second-order valence-electron chi connectivity index (χ2n) is 7.33. The molecule has 132 valence electrons. The molecule has 2 aliphatic carbocycles. The first-order valence-electron chi connectivity index (χ1n) is 9.43. The number of carbonyl (C=O) groups excluding carboxylic acids is 1. The molecule has 1 heterocycles. The SMILES string of the molecule is O=C(CCc1nnc(C2CCCC2)o1)NC[C@@H]1C[C@H]1c1ccccc1. The molecule has 1 N–H and O–H groups in total. The molecular weight excluding hydrogens is 314 g/mol. The lowest BCUT2D eigenvalue weighted by molar-refractivity contribution is -0.121. The Morgan fingerprint density at radius 3 is 2.76 bits per heavy atom. The molecule has 25 heavy (non-hydrogen) atoms. The van der Waals surface area contributed by atoms with E-state index in [1.165, 1.54) is 24.8 Å². The van der Waals surface area contributed by atoms with Crippen LogP contribution in [0.15, 0.2) is 34.7 Å². The van der Waals surface area contributed by atoms with Gasteiger partial charge in [0.2, 0.25) is 17.7 Å². The zero-order valence-corrected chi connectivity index (χ0v) is 14.5. The molecule has 4 rings (SSSR count). The van der Waals surface area contributed by atoms with Crippen LogP contribution in [0, 0.1) is 5.92 Å². The molecule has 5 nitrogen and oxygen atoms in total. The van der Waals surface area contributed by atoms with Crippen LogP contribution in [-0.2, 0) is 11.2 Å². The smallest absolute Gasteiger partial charge is 0.220 e. The first kappa shape index (κ1) is 16.3. The largest absolute Gasteiger partial charge is 0.425 e. The van der Waals surface area contributed by atoms with Crippen LogP contribution in [0.1, 0.15) is 67.7 Å². The maximum Gasteiger partial charge on any atom is 0.220 e. The van der Waals surface area contributed by atoms with Gasteiger partial charge in [-0.25, -0.2) is 0 Å². The Bertz CT molecular complexity index is 707. The molecule has 1 amide bonds. The number of hydrogen-bond acceptors (Lipinski definition) is 4. The minimum absolute atomic E-state index is 0.0688. The number of nitrogens with zero attached hydrogens (tertiary/aromatic N) is 2. The van der Waals surface area contributed by atoms with Gasteiger partial charge in [0.25, 0.3) is 0 Å². The van der Waals surface area contributed by atoms with Crippen molar-refractivity contribution in [1.29, 1.82) is 0 Å². The fourth-order valence-electron chi connectivity index (χ4n) is 3.84. The summed E-state index contributed by atoms with van der Waals surface area (Å²) >= 11 is 0. The third kappa shape index (κ3) is 4.09. The van der Waals surface area contributed by atoms with Crippen molar-refractivity contribution in [2.24, 2.45) is 5.92 Å². The van der Waals surface area contributed by atoms with Crippen LogP contribution >= 0.6 is 0 Å². The lowest BCUT2D eigenvalue weighted by Gasteiger charge is -2.04. The van der Waals surface area contributed by atoms with Crippen molar-refractivity contribution in [1.82, 2.24) is 15.5 Å². The maximum absolute atomic E-state index is 12.1. The zero-order valence-electron chi connectivity index (χ0n) is 14.5. The van der Waals surface area contributed by atoms with Crippen molar-refractivity contribution < 1.29 is 9.21 Å². The number of nitrogens with one attached hydrogen (secondary N) is 1. The van der Waals surface area contributed by atoms with Crippen molar-refractivity contribution in [3.8, 4) is 0 Å². The van der Waals surface area contributed by atoms with E-state index >= 15 is 0 Å². The number of amides is 1. The van der Waals surface area contributed by atoms with E-state index in [-0.39, 0.29) is 5.91 Å². The molecule has 2 atom stereocenters. The maximum atomic E-state index is 12.1. The summed E-state index contributed by atoms with van der Waals surface area (Å²) in [6, 6.07) is 10.5. The van der Waals surface area contributed by atoms with E-state index in [9.17, 15) is 4.79 Å². The zero-order chi connectivity index (χ0) is 17.1. The highest BCUT2D eigenvalue weighted by molar-refractivity contribution is 5.76. The Morgan fingerprint density at radius 1 is 1.16 bits per heavy atom. The summed E-state index contributed by atoms with van der Waals surface area (Å²) in [7, 11) is 0. The monoisotopic (exact) mass is 339 g/mol. The van der Waals surface area contributed by atoms with Gasteiger partial charge in [0.1, 0.15) is 0 Å². The average molecular weight is 339 g/mol. The van der Waals surface area contributed by atoms with E-state index in [2.05, 4.69) is 39.8 Å². The normalized spacial score (nSPS) is 22.9. The van der Waals surface area contributed by atoms with Crippen LogP contribution in [0.3, 0.4) is 0 Å². The third-order valence-electron chi connectivity index (χ3n) is 5.46. The minimum Gasteiger partial charge on any atom is -0.425 e. The van der Waals surface area contributed by atoms with Crippen LogP contribution in [0.25, 0.3) is 0 Å². The molecule has 2 aromatic rings. The molecular formula is C20H25N3O2. The van der Waals surface area contributed by atoms with E-state index in [0.717, 1.165) is 25.3 Å². The fourth-order valence-corrected chi connectivity index (χ4v) is 3.84. The van der Waals surface area contributed by atoms with Gasteiger partial charge in [-0.15, -0.1) is 10.2 Å². The standard InChI is InChI=1S/C20H25N3O2/c24-18(21-13-16-12-17(16)14-6-2-1-3-7-14)10-11-19-22-23-20(25-19)15-8-4-5-9-15/h1-3,6-7,15-17H,4-5,8-13H2,(H,21,24)/t16-,17-/m0/s1. The quantitative estimate of drug-likeness (QED) is 0.837. The number of benzene rings is 1. The van der Waals surface area contributed by atoms with Crippen LogP contribution < -0.4 is 5.32 Å². The van der Waals surface area contributed by atoms with Gasteiger partial charge in [0.15, 0.2) is 0 Å². The highest BCUT2D eigenvalue weighted by Crippen LogP contribution is 2.46. The highest BCUT2D eigenvalue weighted by atomic mass is 16.4. The summed E-state index contributed by atoms with van der Waals surface area (Å²) in [5.74, 6) is 3.02. The van der Waals surface area contributed by atoms with Crippen LogP contribution in [0.4, 0.5) is 0 Å². The summed E-state index contributed by atoms with van der Waals surface area (Å²) in [4.78, 5) is 12.1. The van der Waals surface area contributed by atoms with Gasteiger partial charge in [0.05, 0.1) is 0 Å². The van der Waals surface area contributed by atoms with E-state index in [4.69, 9.17) is 4.42 Å². The molecule has 2 saturated carbocycles. The van der Waals surface area contributed by atoms with E-state index in [1.54, 1.807) is 0 Å². The van der Waals surface area contributed by atoms with Gasteiger partial charge in [-0.05, 0) is 36.7 Å². The Balaban J connectivity index is 1.17. The molecule has 5 heteroatoms. The summed E-state index contributed by atoms with van der Waals surface area (Å²) in [6.07, 6.45) is 6.89. The molecule has 0 spiro atoms. The number of carbonyl (C=O) groups is 1. The minimum atomic E-state index is 0.0688. The van der Waals surface area contributed by atoms with E-state index < -0.39 is 0 Å². The Kier molecular flexibility index (Phi) is 4.81. The van der Waals surface area contributed by atoms with Crippen molar-refractivity contribution in [3.05, 3.63) is 47.7 Å². The molecule has 1 aromatic carbocycles. The topological polar surface area (TPSA) is 68.0 Å². The number of aryl methyl sites for hydroxylation is 1. The van der Waals surface area contributed by atoms with Crippen LogP contribution in [0.2, 0.25) is 0 Å². The Hall–Kier alpha value is -2.17. The summed E-state index contributed by atoms with van der Waals surface area (Å²) in [5, 5.41) is 11.3. The van der Waals surface area contributed by atoms with Gasteiger partial charge >= 0.3 is 0 Å². The molecule has 1 aromatic heterocycles. The Labute approximate surface area is 148 Å². The summed E-state index contributed by atoms with van der Waals surface area (Å²) in [5.41, 5.74) is 1.38. The molecule has 0 radical (unpaired) electrons.